The molecule has 0 unspecified atom stereocenters. The van der Waals surface area contributed by atoms with Gasteiger partial charge >= 0.3 is 0 Å². The molecule has 0 fully saturated rings. The lowest BCUT2D eigenvalue weighted by atomic mass is 10.2. The lowest BCUT2D eigenvalue weighted by Crippen LogP contribution is -2.12. The van der Waals surface area contributed by atoms with Gasteiger partial charge in [-0.15, -0.1) is 0 Å². The number of benzene rings is 2. The topological polar surface area (TPSA) is 77.6 Å². The quantitative estimate of drug-likeness (QED) is 0.377. The van der Waals surface area contributed by atoms with Gasteiger partial charge in [0.05, 0.1) is 12.3 Å². The fourth-order valence-electron chi connectivity index (χ4n) is 1.78. The minimum atomic E-state index is -0.188. The van der Waals surface area contributed by atoms with E-state index in [1.807, 2.05) is 12.4 Å². The molecule has 0 saturated heterocycles. The lowest BCUT2D eigenvalue weighted by molar-refractivity contribution is 0.276. The predicted molar refractivity (Wildman–Crippen MR) is 93.2 cm³/mol. The molecule has 7 heteroatoms. The lowest BCUT2D eigenvalue weighted by Gasteiger charge is -2.11. The summed E-state index contributed by atoms with van der Waals surface area (Å²) in [6, 6.07) is 12.1. The van der Waals surface area contributed by atoms with Crippen LogP contribution in [-0.4, -0.2) is 16.5 Å². The molecular formula is C16H14ClN3O2S. The van der Waals surface area contributed by atoms with Gasteiger partial charge in [-0.2, -0.15) is 5.26 Å². The number of nitrogens with one attached hydrogen (secondary N) is 1. The predicted octanol–water partition coefficient (Wildman–Crippen LogP) is 4.05. The largest absolute Gasteiger partial charge is 0.457 e. The summed E-state index contributed by atoms with van der Waals surface area (Å²) in [4.78, 5) is 4.30. The Morgan fingerprint density at radius 2 is 2.09 bits per heavy atom. The van der Waals surface area contributed by atoms with E-state index in [-0.39, 0.29) is 6.61 Å². The third-order valence-corrected chi connectivity index (χ3v) is 3.67. The molecule has 2 rings (SSSR count). The Kier molecular flexibility index (Phi) is 6.29. The molecule has 0 saturated carbocycles. The zero-order valence-corrected chi connectivity index (χ0v) is 13.9. The van der Waals surface area contributed by atoms with Crippen LogP contribution in [0, 0.1) is 11.5 Å². The first-order valence-electron chi connectivity index (χ1n) is 6.61. The second-order valence-corrected chi connectivity index (χ2v) is 5.60. The molecular weight excluding hydrogens is 334 g/mol. The van der Waals surface area contributed by atoms with Crippen LogP contribution in [0.15, 0.2) is 47.5 Å². The summed E-state index contributed by atoms with van der Waals surface area (Å²) < 4.78 is 5.75. The summed E-state index contributed by atoms with van der Waals surface area (Å²) in [5, 5.41) is 21.8. The van der Waals surface area contributed by atoms with Crippen molar-refractivity contribution in [3.63, 3.8) is 0 Å². The molecule has 2 aromatic rings. The van der Waals surface area contributed by atoms with Gasteiger partial charge in [-0.05, 0) is 48.7 Å². The highest BCUT2D eigenvalue weighted by Gasteiger charge is 2.07. The number of hydrogen-bond acceptors (Lipinski definition) is 5. The number of hydrogen-bond donors (Lipinski definition) is 2. The summed E-state index contributed by atoms with van der Waals surface area (Å²) in [5.74, 6) is 1.16. The molecule has 23 heavy (non-hydrogen) atoms. The number of aliphatic hydroxyl groups excluding tert-OH is 1. The zero-order valence-electron chi connectivity index (χ0n) is 12.3. The Morgan fingerprint density at radius 1 is 1.35 bits per heavy atom. The molecule has 118 valence electrons. The molecule has 0 atom stereocenters. The van der Waals surface area contributed by atoms with E-state index in [0.717, 1.165) is 0 Å². The number of ether oxygens (including phenoxy) is 1. The third-order valence-electron chi connectivity index (χ3n) is 2.84. The number of amidine groups is 1. The van der Waals surface area contributed by atoms with Gasteiger partial charge in [0.25, 0.3) is 0 Å². The Bertz CT molecular complexity index is 742. The highest BCUT2D eigenvalue weighted by atomic mass is 35.5. The number of nitriles is 1. The summed E-state index contributed by atoms with van der Waals surface area (Å²) in [6.07, 6.45) is 3.64. The first-order chi connectivity index (χ1) is 11.2. The van der Waals surface area contributed by atoms with Crippen LogP contribution in [0.3, 0.4) is 0 Å². The molecule has 0 aliphatic carbocycles. The van der Waals surface area contributed by atoms with E-state index >= 15 is 0 Å². The van der Waals surface area contributed by atoms with E-state index in [1.165, 1.54) is 11.8 Å². The number of rotatable bonds is 4. The van der Waals surface area contributed by atoms with Crippen molar-refractivity contribution in [2.45, 2.75) is 6.61 Å². The Hall–Kier alpha value is -2.20. The van der Waals surface area contributed by atoms with E-state index in [4.69, 9.17) is 21.6 Å². The van der Waals surface area contributed by atoms with E-state index in [0.29, 0.717) is 32.9 Å². The van der Waals surface area contributed by atoms with Gasteiger partial charge in [0.15, 0.2) is 11.4 Å². The van der Waals surface area contributed by atoms with Gasteiger partial charge in [-0.1, -0.05) is 23.4 Å². The zero-order chi connectivity index (χ0) is 16.7. The summed E-state index contributed by atoms with van der Waals surface area (Å²) in [6.45, 7) is -0.188. The van der Waals surface area contributed by atoms with E-state index in [2.05, 4.69) is 10.3 Å². The third kappa shape index (κ3) is 4.89. The molecule has 0 aromatic heterocycles. The minimum Gasteiger partial charge on any atom is -0.457 e. The van der Waals surface area contributed by atoms with Crippen LogP contribution in [0.1, 0.15) is 5.56 Å². The molecule has 0 bridgehead atoms. The fourth-order valence-corrected chi connectivity index (χ4v) is 2.25. The minimum absolute atomic E-state index is 0.188. The monoisotopic (exact) mass is 347 g/mol. The molecule has 0 radical (unpaired) electrons. The van der Waals surface area contributed by atoms with E-state index < -0.39 is 0 Å². The second-order valence-electron chi connectivity index (χ2n) is 4.36. The van der Waals surface area contributed by atoms with Gasteiger partial charge in [0.2, 0.25) is 0 Å². The van der Waals surface area contributed by atoms with Crippen molar-refractivity contribution in [1.82, 2.24) is 5.32 Å². The van der Waals surface area contributed by atoms with Crippen LogP contribution in [-0.2, 0) is 6.61 Å². The van der Waals surface area contributed by atoms with Crippen molar-refractivity contribution in [2.75, 3.05) is 6.26 Å². The van der Waals surface area contributed by atoms with Gasteiger partial charge in [0, 0.05) is 10.6 Å². The first-order valence-corrected chi connectivity index (χ1v) is 8.21. The molecule has 0 spiro atoms. The van der Waals surface area contributed by atoms with Crippen molar-refractivity contribution in [1.29, 1.82) is 5.26 Å². The highest BCUT2D eigenvalue weighted by Crippen LogP contribution is 2.30. The maximum absolute atomic E-state index is 9.54. The summed E-state index contributed by atoms with van der Waals surface area (Å²) >= 11 is 7.16. The molecule has 0 aliphatic heterocycles. The van der Waals surface area contributed by atoms with Crippen LogP contribution >= 0.6 is 23.4 Å². The summed E-state index contributed by atoms with van der Waals surface area (Å²) in [5.41, 5.74) is 1.21. The number of thioether (sulfide) groups is 1. The average molecular weight is 348 g/mol. The van der Waals surface area contributed by atoms with E-state index in [1.54, 1.807) is 42.5 Å². The smallest absolute Gasteiger partial charge is 0.183 e. The van der Waals surface area contributed by atoms with Gasteiger partial charge in [0.1, 0.15) is 11.5 Å². The van der Waals surface area contributed by atoms with Crippen molar-refractivity contribution >= 4 is 34.2 Å². The number of nitrogens with zero attached hydrogens (tertiary/aromatic N) is 2. The van der Waals surface area contributed by atoms with E-state index in [9.17, 15) is 5.11 Å². The maximum atomic E-state index is 9.54. The first kappa shape index (κ1) is 17.2. The molecule has 0 heterocycles. The molecule has 2 N–H and O–H groups in total. The average Bonchev–Trinajstić information content (AvgIpc) is 2.57. The second kappa shape index (κ2) is 8.44. The van der Waals surface area contributed by atoms with Crippen LogP contribution in [0.5, 0.6) is 11.5 Å². The van der Waals surface area contributed by atoms with Crippen molar-refractivity contribution in [2.24, 2.45) is 4.99 Å². The SMILES string of the molecule is CSC(=Nc1ccc(Oc2ccc(Cl)cc2)c(CO)c1)NC#N. The molecule has 2 aromatic carbocycles. The molecule has 0 amide bonds. The molecule has 0 aliphatic rings. The van der Waals surface area contributed by atoms with Gasteiger partial charge in [-0.25, -0.2) is 4.99 Å². The van der Waals surface area contributed by atoms with Crippen molar-refractivity contribution in [3.8, 4) is 17.7 Å². The van der Waals surface area contributed by atoms with Crippen LogP contribution in [0.4, 0.5) is 5.69 Å². The van der Waals surface area contributed by atoms with Gasteiger partial charge < -0.3 is 9.84 Å². The number of aliphatic hydroxyl groups is 1. The van der Waals surface area contributed by atoms with Crippen LogP contribution < -0.4 is 10.1 Å². The Balaban J connectivity index is 2.26. The summed E-state index contributed by atoms with van der Waals surface area (Å²) in [7, 11) is 0. The van der Waals surface area contributed by atoms with Gasteiger partial charge in [-0.3, -0.25) is 5.32 Å². The fraction of sp³-hybridized carbons (Fsp3) is 0.125. The highest BCUT2D eigenvalue weighted by molar-refractivity contribution is 8.13. The van der Waals surface area contributed by atoms with Crippen molar-refractivity contribution < 1.29 is 9.84 Å². The van der Waals surface area contributed by atoms with Crippen LogP contribution in [0.25, 0.3) is 0 Å². The number of halogens is 1. The maximum Gasteiger partial charge on any atom is 0.183 e. The van der Waals surface area contributed by atoms with Crippen LogP contribution in [0.2, 0.25) is 5.02 Å². The number of aliphatic imine (C=N–C) groups is 1. The standard InChI is InChI=1S/C16H14ClN3O2S/c1-23-16(19-10-18)20-13-4-7-15(11(8-13)9-21)22-14-5-2-12(17)3-6-14/h2-8,21H,9H2,1H3,(H,19,20). The van der Waals surface area contributed by atoms with Crippen molar-refractivity contribution in [3.05, 3.63) is 53.1 Å². The molecule has 5 nitrogen and oxygen atoms in total. The Labute approximate surface area is 143 Å². The normalized spacial score (nSPS) is 11.0. The Morgan fingerprint density at radius 3 is 2.70 bits per heavy atom.